The van der Waals surface area contributed by atoms with Gasteiger partial charge in [-0.3, -0.25) is 0 Å². The number of carboxylic acids is 1. The highest BCUT2D eigenvalue weighted by Crippen LogP contribution is 2.36. The maximum Gasteiger partial charge on any atom is 0.326 e. The number of rotatable bonds is 10. The van der Waals surface area contributed by atoms with E-state index >= 15 is 0 Å². The monoisotopic (exact) mass is 378 g/mol. The number of aliphatic carboxylic acids is 1. The minimum Gasteiger partial charge on any atom is -0.480 e. The van der Waals surface area contributed by atoms with E-state index in [1.165, 1.54) is 4.90 Å². The molecule has 24 heavy (non-hydrogen) atoms. The van der Waals surface area contributed by atoms with Gasteiger partial charge in [0, 0.05) is 31.5 Å². The summed E-state index contributed by atoms with van der Waals surface area (Å²) in [5.41, 5.74) is 0. The molecule has 1 rings (SSSR count). The number of carbonyl (C=O) groups excluding carboxylic acids is 1. The molecular formula is C16H31N2O4PS. The Labute approximate surface area is 149 Å². The maximum atomic E-state index is 12.6. The molecule has 2 amide bonds. The Balaban J connectivity index is 2.42. The van der Waals surface area contributed by atoms with Crippen LogP contribution in [0.15, 0.2) is 0 Å². The number of hydrogen-bond acceptors (Lipinski definition) is 4. The average Bonchev–Trinajstić information content (AvgIpc) is 2.44. The van der Waals surface area contributed by atoms with E-state index < -0.39 is 19.2 Å². The van der Waals surface area contributed by atoms with Gasteiger partial charge in [-0.25, -0.2) is 9.59 Å². The Morgan fingerprint density at radius 1 is 1.29 bits per heavy atom. The fourth-order valence-electron chi connectivity index (χ4n) is 2.79. The quantitative estimate of drug-likeness (QED) is 0.467. The second kappa shape index (κ2) is 9.71. The Morgan fingerprint density at radius 3 is 2.50 bits per heavy atom. The topological polar surface area (TPSA) is 77.9 Å². The second-order valence-electron chi connectivity index (χ2n) is 7.11. The maximum absolute atomic E-state index is 12.6. The summed E-state index contributed by atoms with van der Waals surface area (Å²) >= 11 is 1.77. The molecule has 0 bridgehead atoms. The van der Waals surface area contributed by atoms with Crippen molar-refractivity contribution in [2.24, 2.45) is 5.92 Å². The third kappa shape index (κ3) is 7.06. The first-order chi connectivity index (χ1) is 11.1. The molecule has 0 aromatic heterocycles. The van der Waals surface area contributed by atoms with Crippen LogP contribution in [0.5, 0.6) is 0 Å². The van der Waals surface area contributed by atoms with E-state index in [2.05, 4.69) is 0 Å². The molecule has 1 fully saturated rings. The normalized spacial score (nSPS) is 17.5. The summed E-state index contributed by atoms with van der Waals surface area (Å²) in [6.45, 7) is 9.15. The number of carbonyl (C=O) groups is 2. The Hall–Kier alpha value is -0.680. The summed E-state index contributed by atoms with van der Waals surface area (Å²) in [4.78, 5) is 27.3. The van der Waals surface area contributed by atoms with Gasteiger partial charge in [-0.1, -0.05) is 13.8 Å². The van der Waals surface area contributed by atoms with Crippen molar-refractivity contribution in [2.45, 2.75) is 32.7 Å². The first-order valence-electron chi connectivity index (χ1n) is 8.53. The van der Waals surface area contributed by atoms with Crippen LogP contribution in [0.1, 0.15) is 26.7 Å². The highest BCUT2D eigenvalue weighted by molar-refractivity contribution is 7.99. The van der Waals surface area contributed by atoms with Crippen LogP contribution in [0, 0.1) is 5.92 Å². The molecule has 0 radical (unpaired) electrons. The zero-order valence-electron chi connectivity index (χ0n) is 15.2. The third-order valence-corrected chi connectivity index (χ3v) is 6.73. The summed E-state index contributed by atoms with van der Waals surface area (Å²) in [5.74, 6) is 0.773. The van der Waals surface area contributed by atoms with Crippen molar-refractivity contribution in [1.82, 2.24) is 9.80 Å². The van der Waals surface area contributed by atoms with Crippen LogP contribution < -0.4 is 0 Å². The molecule has 0 spiro atoms. The van der Waals surface area contributed by atoms with Gasteiger partial charge in [-0.2, -0.15) is 11.8 Å². The molecule has 1 saturated heterocycles. The first-order valence-corrected chi connectivity index (χ1v) is 12.5. The lowest BCUT2D eigenvalue weighted by Gasteiger charge is -2.40. The van der Waals surface area contributed by atoms with Crippen molar-refractivity contribution in [3.63, 3.8) is 0 Å². The molecule has 140 valence electrons. The Bertz CT molecular complexity index is 481. The van der Waals surface area contributed by atoms with E-state index in [1.54, 1.807) is 16.7 Å². The molecule has 0 aliphatic carbocycles. The number of thioether (sulfide) groups is 1. The number of nitrogens with zero attached hydrogens (tertiary/aromatic N) is 2. The van der Waals surface area contributed by atoms with Crippen molar-refractivity contribution >= 4 is 30.9 Å². The van der Waals surface area contributed by atoms with Gasteiger partial charge in [0.1, 0.15) is 6.04 Å². The van der Waals surface area contributed by atoms with Gasteiger partial charge >= 0.3 is 12.0 Å². The Morgan fingerprint density at radius 2 is 1.96 bits per heavy atom. The number of urea groups is 1. The zero-order valence-corrected chi connectivity index (χ0v) is 16.9. The predicted molar refractivity (Wildman–Crippen MR) is 101 cm³/mol. The zero-order chi connectivity index (χ0) is 18.3. The van der Waals surface area contributed by atoms with Crippen LogP contribution in [-0.4, -0.2) is 83.6 Å². The highest BCUT2D eigenvalue weighted by atomic mass is 32.2. The van der Waals surface area contributed by atoms with Crippen molar-refractivity contribution in [3.05, 3.63) is 0 Å². The van der Waals surface area contributed by atoms with Crippen LogP contribution in [0.4, 0.5) is 4.79 Å². The van der Waals surface area contributed by atoms with Crippen molar-refractivity contribution in [2.75, 3.05) is 50.6 Å². The molecule has 1 aliphatic heterocycles. The number of carboxylic acid groups (broad SMARTS) is 1. The molecule has 1 heterocycles. The number of amides is 2. The minimum atomic E-state index is -1.94. The molecular weight excluding hydrogens is 347 g/mol. The smallest absolute Gasteiger partial charge is 0.326 e. The van der Waals surface area contributed by atoms with E-state index in [9.17, 15) is 19.3 Å². The molecule has 6 nitrogen and oxygen atoms in total. The third-order valence-electron chi connectivity index (χ3n) is 4.05. The SMILES string of the molecule is CC(C)C(C(=O)O)N1CCCN(CCCSCCP(C)(C)=O)C1=O. The van der Waals surface area contributed by atoms with Gasteiger partial charge in [0.2, 0.25) is 0 Å². The van der Waals surface area contributed by atoms with Crippen molar-refractivity contribution in [1.29, 1.82) is 0 Å². The summed E-state index contributed by atoms with van der Waals surface area (Å²) in [7, 11) is -1.94. The lowest BCUT2D eigenvalue weighted by Crippen LogP contribution is -2.57. The van der Waals surface area contributed by atoms with Gasteiger partial charge in [-0.15, -0.1) is 0 Å². The standard InChI is InChI=1S/C16H31N2O4PS/c1-13(2)14(15(19)20)18-9-5-7-17(16(18)21)8-6-11-24-12-10-23(3,4)22/h13-14H,5-12H2,1-4H3,(H,19,20). The number of hydrogen-bond donors (Lipinski definition) is 1. The van der Waals surface area contributed by atoms with E-state index in [-0.39, 0.29) is 11.9 Å². The van der Waals surface area contributed by atoms with E-state index in [1.807, 2.05) is 27.2 Å². The van der Waals surface area contributed by atoms with Crippen LogP contribution in [0.25, 0.3) is 0 Å². The van der Waals surface area contributed by atoms with E-state index in [0.29, 0.717) is 19.6 Å². The van der Waals surface area contributed by atoms with Gasteiger partial charge in [0.15, 0.2) is 0 Å². The van der Waals surface area contributed by atoms with Crippen molar-refractivity contribution < 1.29 is 19.3 Å². The molecule has 1 aliphatic rings. The molecule has 1 unspecified atom stereocenters. The highest BCUT2D eigenvalue weighted by Gasteiger charge is 2.36. The second-order valence-corrected chi connectivity index (χ2v) is 11.9. The largest absolute Gasteiger partial charge is 0.480 e. The lowest BCUT2D eigenvalue weighted by molar-refractivity contribution is -0.144. The fraction of sp³-hybridized carbons (Fsp3) is 0.875. The van der Waals surface area contributed by atoms with E-state index in [0.717, 1.165) is 30.5 Å². The summed E-state index contributed by atoms with van der Waals surface area (Å²) in [6, 6.07) is -0.906. The van der Waals surface area contributed by atoms with Gasteiger partial charge in [0.25, 0.3) is 0 Å². The van der Waals surface area contributed by atoms with Crippen LogP contribution in [0.2, 0.25) is 0 Å². The van der Waals surface area contributed by atoms with Gasteiger partial charge in [-0.05, 0) is 37.8 Å². The average molecular weight is 378 g/mol. The Kier molecular flexibility index (Phi) is 8.65. The van der Waals surface area contributed by atoms with E-state index in [4.69, 9.17) is 0 Å². The van der Waals surface area contributed by atoms with Gasteiger partial charge < -0.3 is 19.5 Å². The summed E-state index contributed by atoms with van der Waals surface area (Å²) < 4.78 is 11.6. The fourth-order valence-corrected chi connectivity index (χ4v) is 5.61. The predicted octanol–water partition coefficient (Wildman–Crippen LogP) is 2.97. The van der Waals surface area contributed by atoms with Crippen LogP contribution >= 0.6 is 18.9 Å². The summed E-state index contributed by atoms with van der Waals surface area (Å²) in [6.07, 6.45) is 2.44. The van der Waals surface area contributed by atoms with Crippen LogP contribution in [-0.2, 0) is 9.36 Å². The van der Waals surface area contributed by atoms with Crippen LogP contribution in [0.3, 0.4) is 0 Å². The molecule has 1 atom stereocenters. The molecule has 8 heteroatoms. The minimum absolute atomic E-state index is 0.110. The molecule has 0 saturated carbocycles. The molecule has 0 aromatic carbocycles. The van der Waals surface area contributed by atoms with Gasteiger partial charge in [0.05, 0.1) is 7.14 Å². The summed E-state index contributed by atoms with van der Waals surface area (Å²) in [5, 5.41) is 9.40. The van der Waals surface area contributed by atoms with Crippen molar-refractivity contribution in [3.8, 4) is 0 Å². The lowest BCUT2D eigenvalue weighted by atomic mass is 10.0. The molecule has 0 aromatic rings. The molecule has 1 N–H and O–H groups in total. The first kappa shape index (κ1) is 21.4.